The second-order valence-electron chi connectivity index (χ2n) is 3.62. The standard InChI is InChI=1S/C11H6BrF5N2/c12-3-5-4-18-19(10(5)11(16)17)6-1-7(13)9(15)8(14)2-6/h1-2,4,11H,3H2. The predicted octanol–water partition coefficient (Wildman–Crippen LogP) is 4.12. The molecule has 1 aromatic heterocycles. The summed E-state index contributed by atoms with van der Waals surface area (Å²) >= 11 is 3.01. The molecule has 19 heavy (non-hydrogen) atoms. The Balaban J connectivity index is 2.62. The molecule has 2 aromatic rings. The molecule has 0 radical (unpaired) electrons. The number of aromatic nitrogens is 2. The molecule has 1 aromatic carbocycles. The van der Waals surface area contributed by atoms with Gasteiger partial charge >= 0.3 is 0 Å². The van der Waals surface area contributed by atoms with Crippen molar-refractivity contribution in [1.82, 2.24) is 9.78 Å². The van der Waals surface area contributed by atoms with Gasteiger partial charge in [-0.25, -0.2) is 26.6 Å². The largest absolute Gasteiger partial charge is 0.280 e. The Labute approximate surface area is 113 Å². The number of alkyl halides is 3. The third-order valence-corrected chi connectivity index (χ3v) is 3.05. The normalized spacial score (nSPS) is 11.3. The molecule has 0 aliphatic carbocycles. The molecule has 0 N–H and O–H groups in total. The topological polar surface area (TPSA) is 17.8 Å². The molecular formula is C11H6BrF5N2. The Bertz CT molecular complexity index is 588. The lowest BCUT2D eigenvalue weighted by atomic mass is 10.2. The number of hydrogen-bond acceptors (Lipinski definition) is 1. The number of hydrogen-bond donors (Lipinski definition) is 0. The summed E-state index contributed by atoms with van der Waals surface area (Å²) in [5.41, 5.74) is -0.624. The van der Waals surface area contributed by atoms with Crippen molar-refractivity contribution in [3.05, 3.63) is 47.0 Å². The first-order valence-corrected chi connectivity index (χ1v) is 6.13. The van der Waals surface area contributed by atoms with Crippen LogP contribution in [0.1, 0.15) is 17.7 Å². The zero-order valence-corrected chi connectivity index (χ0v) is 10.8. The van der Waals surface area contributed by atoms with Gasteiger partial charge in [-0.3, -0.25) is 0 Å². The maximum absolute atomic E-state index is 13.1. The molecule has 0 aliphatic rings. The van der Waals surface area contributed by atoms with Crippen molar-refractivity contribution < 1.29 is 22.0 Å². The Morgan fingerprint density at radius 1 is 1.16 bits per heavy atom. The van der Waals surface area contributed by atoms with Crippen molar-refractivity contribution >= 4 is 15.9 Å². The van der Waals surface area contributed by atoms with Gasteiger partial charge in [0.25, 0.3) is 6.43 Å². The van der Waals surface area contributed by atoms with Crippen molar-refractivity contribution in [2.45, 2.75) is 11.8 Å². The second kappa shape index (κ2) is 5.28. The highest BCUT2D eigenvalue weighted by atomic mass is 79.9. The van der Waals surface area contributed by atoms with E-state index in [0.29, 0.717) is 16.8 Å². The molecular weight excluding hydrogens is 335 g/mol. The summed E-state index contributed by atoms with van der Waals surface area (Å²) in [6.45, 7) is 0. The van der Waals surface area contributed by atoms with Gasteiger partial charge in [0, 0.05) is 23.0 Å². The number of rotatable bonds is 3. The van der Waals surface area contributed by atoms with E-state index in [-0.39, 0.29) is 16.6 Å². The average Bonchev–Trinajstić information content (AvgIpc) is 2.79. The Kier molecular flexibility index (Phi) is 3.88. The SMILES string of the molecule is Fc1cc(-n2ncc(CBr)c2C(F)F)cc(F)c1F. The van der Waals surface area contributed by atoms with Crippen molar-refractivity contribution in [3.8, 4) is 5.69 Å². The fourth-order valence-electron chi connectivity index (χ4n) is 1.60. The highest BCUT2D eigenvalue weighted by Gasteiger charge is 2.22. The lowest BCUT2D eigenvalue weighted by Crippen LogP contribution is -2.06. The van der Waals surface area contributed by atoms with Crippen molar-refractivity contribution in [1.29, 1.82) is 0 Å². The third-order valence-electron chi connectivity index (χ3n) is 2.45. The number of halogens is 6. The van der Waals surface area contributed by atoms with E-state index >= 15 is 0 Å². The maximum Gasteiger partial charge on any atom is 0.280 e. The molecule has 0 aliphatic heterocycles. The fraction of sp³-hybridized carbons (Fsp3) is 0.182. The van der Waals surface area contributed by atoms with E-state index in [9.17, 15) is 22.0 Å². The molecule has 1 heterocycles. The summed E-state index contributed by atoms with van der Waals surface area (Å²) in [5.74, 6) is -4.59. The lowest BCUT2D eigenvalue weighted by molar-refractivity contribution is 0.142. The molecule has 2 rings (SSSR count). The van der Waals surface area contributed by atoms with E-state index in [2.05, 4.69) is 21.0 Å². The predicted molar refractivity (Wildman–Crippen MR) is 61.0 cm³/mol. The molecule has 0 atom stereocenters. The van der Waals surface area contributed by atoms with Crippen LogP contribution in [0, 0.1) is 17.5 Å². The van der Waals surface area contributed by atoms with Crippen LogP contribution >= 0.6 is 15.9 Å². The van der Waals surface area contributed by atoms with Crippen molar-refractivity contribution in [3.63, 3.8) is 0 Å². The maximum atomic E-state index is 13.1. The molecule has 0 amide bonds. The lowest BCUT2D eigenvalue weighted by Gasteiger charge is -2.09. The number of benzene rings is 1. The number of nitrogens with zero attached hydrogens (tertiary/aromatic N) is 2. The molecule has 0 unspecified atom stereocenters. The molecule has 102 valence electrons. The highest BCUT2D eigenvalue weighted by molar-refractivity contribution is 9.08. The van der Waals surface area contributed by atoms with Crippen LogP contribution in [0.3, 0.4) is 0 Å². The molecule has 0 saturated heterocycles. The van der Waals surface area contributed by atoms with Crippen LogP contribution in [0.25, 0.3) is 5.69 Å². The summed E-state index contributed by atoms with van der Waals surface area (Å²) in [5, 5.41) is 3.75. The first-order chi connectivity index (χ1) is 8.95. The molecule has 8 heteroatoms. The van der Waals surface area contributed by atoms with Gasteiger partial charge < -0.3 is 0 Å². The van der Waals surface area contributed by atoms with Crippen LogP contribution in [0.4, 0.5) is 22.0 Å². The van der Waals surface area contributed by atoms with Crippen LogP contribution in [-0.4, -0.2) is 9.78 Å². The smallest absolute Gasteiger partial charge is 0.231 e. The van der Waals surface area contributed by atoms with Crippen LogP contribution in [0.2, 0.25) is 0 Å². The van der Waals surface area contributed by atoms with Gasteiger partial charge in [-0.2, -0.15) is 5.10 Å². The van der Waals surface area contributed by atoms with Gasteiger partial charge in [-0.15, -0.1) is 0 Å². The summed E-state index contributed by atoms with van der Waals surface area (Å²) in [7, 11) is 0. The van der Waals surface area contributed by atoms with E-state index in [1.54, 1.807) is 0 Å². The Hall–Kier alpha value is -1.44. The van der Waals surface area contributed by atoms with Gasteiger partial charge in [0.1, 0.15) is 5.69 Å². The van der Waals surface area contributed by atoms with Gasteiger partial charge in [0.2, 0.25) is 0 Å². The molecule has 2 nitrogen and oxygen atoms in total. The van der Waals surface area contributed by atoms with Crippen LogP contribution in [-0.2, 0) is 5.33 Å². The Morgan fingerprint density at radius 3 is 2.21 bits per heavy atom. The minimum atomic E-state index is -2.88. The Morgan fingerprint density at radius 2 is 1.74 bits per heavy atom. The molecule has 0 bridgehead atoms. The van der Waals surface area contributed by atoms with E-state index in [1.165, 1.54) is 0 Å². The zero-order chi connectivity index (χ0) is 14.2. The van der Waals surface area contributed by atoms with Crippen molar-refractivity contribution in [2.75, 3.05) is 0 Å². The minimum absolute atomic E-state index is 0.110. The second-order valence-corrected chi connectivity index (χ2v) is 4.19. The monoisotopic (exact) mass is 340 g/mol. The van der Waals surface area contributed by atoms with E-state index in [1.807, 2.05) is 0 Å². The summed E-state index contributed by atoms with van der Waals surface area (Å²) in [4.78, 5) is 0. The van der Waals surface area contributed by atoms with E-state index in [4.69, 9.17) is 0 Å². The van der Waals surface area contributed by atoms with Crippen molar-refractivity contribution in [2.24, 2.45) is 0 Å². The molecule has 0 saturated carbocycles. The average molecular weight is 341 g/mol. The van der Waals surface area contributed by atoms with E-state index in [0.717, 1.165) is 6.20 Å². The van der Waals surface area contributed by atoms with E-state index < -0.39 is 29.6 Å². The van der Waals surface area contributed by atoms with Crippen LogP contribution < -0.4 is 0 Å². The highest BCUT2D eigenvalue weighted by Crippen LogP contribution is 2.28. The minimum Gasteiger partial charge on any atom is -0.231 e. The summed E-state index contributed by atoms with van der Waals surface area (Å²) < 4.78 is 65.6. The quantitative estimate of drug-likeness (QED) is 0.467. The third kappa shape index (κ3) is 2.49. The van der Waals surface area contributed by atoms with Crippen LogP contribution in [0.15, 0.2) is 18.3 Å². The van der Waals surface area contributed by atoms with Gasteiger partial charge in [-0.05, 0) is 0 Å². The summed E-state index contributed by atoms with van der Waals surface area (Å²) in [6.07, 6.45) is -1.73. The zero-order valence-electron chi connectivity index (χ0n) is 9.18. The van der Waals surface area contributed by atoms with Gasteiger partial charge in [-0.1, -0.05) is 15.9 Å². The van der Waals surface area contributed by atoms with Gasteiger partial charge in [0.15, 0.2) is 17.5 Å². The van der Waals surface area contributed by atoms with Gasteiger partial charge in [0.05, 0.1) is 11.9 Å². The van der Waals surface area contributed by atoms with Crippen LogP contribution in [0.5, 0.6) is 0 Å². The molecule has 0 spiro atoms. The first-order valence-electron chi connectivity index (χ1n) is 5.01. The first kappa shape index (κ1) is 14.0. The molecule has 0 fully saturated rings. The fourth-order valence-corrected chi connectivity index (χ4v) is 2.03. The summed E-state index contributed by atoms with van der Waals surface area (Å²) in [6, 6.07) is 1.21.